The Labute approximate surface area is 272 Å². The molecular weight excluding hydrogens is 621 g/mol. The SMILES string of the molecule is C=CCN1CC(=O)N2C(CN(Cc3cccc4cn(C)nc34)C[C@@H]2Cc2ccc(OP(=O)(O)O)cc2)N1C(=O)NCc1ccccc1. The topological polar surface area (TPSA) is 144 Å². The van der Waals surface area contributed by atoms with Crippen molar-refractivity contribution >= 4 is 30.7 Å². The van der Waals surface area contributed by atoms with Crippen LogP contribution in [0, 0.1) is 0 Å². The summed E-state index contributed by atoms with van der Waals surface area (Å²) in [5.41, 5.74) is 3.75. The summed E-state index contributed by atoms with van der Waals surface area (Å²) in [4.78, 5) is 50.3. The van der Waals surface area contributed by atoms with Gasteiger partial charge in [-0.15, -0.1) is 6.58 Å². The zero-order valence-electron chi connectivity index (χ0n) is 26.1. The van der Waals surface area contributed by atoms with Crippen LogP contribution in [-0.2, 0) is 35.9 Å². The number of hydrogen-bond donors (Lipinski definition) is 3. The van der Waals surface area contributed by atoms with E-state index in [1.54, 1.807) is 32.9 Å². The second kappa shape index (κ2) is 13.7. The van der Waals surface area contributed by atoms with E-state index in [1.165, 1.54) is 12.1 Å². The number of fused-ring (bicyclic) bond motifs is 2. The predicted octanol–water partition coefficient (Wildman–Crippen LogP) is 3.25. The van der Waals surface area contributed by atoms with E-state index in [9.17, 15) is 23.9 Å². The molecule has 0 bridgehead atoms. The minimum Gasteiger partial charge on any atom is -0.404 e. The van der Waals surface area contributed by atoms with Crippen LogP contribution in [0.5, 0.6) is 5.75 Å². The molecule has 0 radical (unpaired) electrons. The van der Waals surface area contributed by atoms with E-state index in [0.717, 1.165) is 27.6 Å². The monoisotopic (exact) mass is 659 g/mol. The molecule has 3 aromatic carbocycles. The smallest absolute Gasteiger partial charge is 0.404 e. The highest BCUT2D eigenvalue weighted by Gasteiger charge is 2.48. The van der Waals surface area contributed by atoms with Gasteiger partial charge in [0.25, 0.3) is 0 Å². The molecule has 14 heteroatoms. The zero-order chi connectivity index (χ0) is 33.1. The molecule has 2 aliphatic heterocycles. The number of hydrazine groups is 1. The first-order valence-corrected chi connectivity index (χ1v) is 16.9. The number of aryl methyl sites for hydroxylation is 1. The van der Waals surface area contributed by atoms with Crippen molar-refractivity contribution in [2.45, 2.75) is 31.7 Å². The summed E-state index contributed by atoms with van der Waals surface area (Å²) >= 11 is 0. The van der Waals surface area contributed by atoms with Crippen LogP contribution < -0.4 is 9.84 Å². The molecule has 1 unspecified atom stereocenters. The van der Waals surface area contributed by atoms with Gasteiger partial charge < -0.3 is 14.7 Å². The van der Waals surface area contributed by atoms with E-state index in [2.05, 4.69) is 28.0 Å². The summed E-state index contributed by atoms with van der Waals surface area (Å²) in [5, 5.41) is 12.2. The number of phosphoric ester groups is 1. The zero-order valence-corrected chi connectivity index (χ0v) is 26.9. The van der Waals surface area contributed by atoms with Crippen LogP contribution in [-0.4, -0.2) is 89.7 Å². The average Bonchev–Trinajstić information content (AvgIpc) is 3.42. The van der Waals surface area contributed by atoms with Gasteiger partial charge in [0.1, 0.15) is 11.9 Å². The molecule has 0 saturated carbocycles. The molecule has 2 saturated heterocycles. The van der Waals surface area contributed by atoms with Gasteiger partial charge in [-0.3, -0.25) is 24.2 Å². The first-order valence-electron chi connectivity index (χ1n) is 15.3. The highest BCUT2D eigenvalue weighted by Crippen LogP contribution is 2.37. The second-order valence-electron chi connectivity index (χ2n) is 11.8. The van der Waals surface area contributed by atoms with Gasteiger partial charge in [0.15, 0.2) is 0 Å². The quantitative estimate of drug-likeness (QED) is 0.173. The van der Waals surface area contributed by atoms with Gasteiger partial charge in [-0.2, -0.15) is 5.10 Å². The van der Waals surface area contributed by atoms with E-state index in [4.69, 9.17) is 4.52 Å². The number of carbonyl (C=O) groups is 2. The van der Waals surface area contributed by atoms with Crippen molar-refractivity contribution in [1.29, 1.82) is 0 Å². The van der Waals surface area contributed by atoms with Crippen LogP contribution in [0.3, 0.4) is 0 Å². The van der Waals surface area contributed by atoms with Gasteiger partial charge in [0.2, 0.25) is 5.91 Å². The van der Waals surface area contributed by atoms with Crippen LogP contribution in [0.25, 0.3) is 10.9 Å². The van der Waals surface area contributed by atoms with Gasteiger partial charge in [0, 0.05) is 51.4 Å². The van der Waals surface area contributed by atoms with Crippen molar-refractivity contribution in [2.75, 3.05) is 26.2 Å². The second-order valence-corrected chi connectivity index (χ2v) is 13.0. The van der Waals surface area contributed by atoms with Crippen molar-refractivity contribution in [3.05, 3.63) is 108 Å². The number of nitrogens with zero attached hydrogens (tertiary/aromatic N) is 6. The number of piperazine rings is 1. The van der Waals surface area contributed by atoms with E-state index < -0.39 is 14.0 Å². The van der Waals surface area contributed by atoms with Gasteiger partial charge in [-0.05, 0) is 35.2 Å². The van der Waals surface area contributed by atoms with Crippen LogP contribution >= 0.6 is 7.82 Å². The third-order valence-corrected chi connectivity index (χ3v) is 8.83. The number of benzene rings is 3. The van der Waals surface area contributed by atoms with Crippen LogP contribution in [0.1, 0.15) is 16.7 Å². The fraction of sp³-hybridized carbons (Fsp3) is 0.303. The molecule has 0 aliphatic carbocycles. The summed E-state index contributed by atoms with van der Waals surface area (Å²) in [6, 6.07) is 21.6. The Balaban J connectivity index is 1.32. The number of phosphoric acid groups is 1. The molecule has 6 rings (SSSR count). The summed E-state index contributed by atoms with van der Waals surface area (Å²) in [6.07, 6.45) is 3.50. The number of rotatable bonds is 10. The van der Waals surface area contributed by atoms with Crippen molar-refractivity contribution in [3.8, 4) is 5.75 Å². The summed E-state index contributed by atoms with van der Waals surface area (Å²) in [6.45, 7) is 6.03. The van der Waals surface area contributed by atoms with Crippen LogP contribution in [0.15, 0.2) is 91.6 Å². The number of amides is 3. The van der Waals surface area contributed by atoms with Gasteiger partial charge in [0.05, 0.1) is 18.1 Å². The summed E-state index contributed by atoms with van der Waals surface area (Å²) in [5.74, 6) is -0.0500. The molecule has 3 amide bonds. The molecule has 2 fully saturated rings. The number of nitrogens with one attached hydrogen (secondary N) is 1. The number of hydrogen-bond acceptors (Lipinski definition) is 7. The molecule has 47 heavy (non-hydrogen) atoms. The highest BCUT2D eigenvalue weighted by atomic mass is 31.2. The van der Waals surface area contributed by atoms with Gasteiger partial charge >= 0.3 is 13.9 Å². The Bertz CT molecular complexity index is 1790. The largest absolute Gasteiger partial charge is 0.524 e. The van der Waals surface area contributed by atoms with E-state index in [1.807, 2.05) is 60.6 Å². The predicted molar refractivity (Wildman–Crippen MR) is 176 cm³/mol. The number of carbonyl (C=O) groups excluding carboxylic acids is 2. The first-order chi connectivity index (χ1) is 22.6. The van der Waals surface area contributed by atoms with E-state index in [-0.39, 0.29) is 30.3 Å². The first kappa shape index (κ1) is 32.4. The standard InChI is InChI=1S/C33H38N7O6P/c1-3-16-38-23-31(41)39-28(17-24-12-14-29(15-13-24)46-47(43,44)45)21-37(20-27-11-7-10-26-19-36(2)35-32(26)27)22-30(39)40(38)33(42)34-18-25-8-5-4-6-9-25/h3-15,19,28,30H,1,16-18,20-23H2,2H3,(H,34,42)(H2,43,44,45)/t28-,30?/m0/s1. The Morgan fingerprint density at radius 3 is 2.55 bits per heavy atom. The molecule has 2 aliphatic rings. The molecular formula is C33H38N7O6P. The fourth-order valence-corrected chi connectivity index (χ4v) is 6.89. The van der Waals surface area contributed by atoms with Crippen LogP contribution in [0.2, 0.25) is 0 Å². The third-order valence-electron chi connectivity index (χ3n) is 8.38. The van der Waals surface area contributed by atoms with Gasteiger partial charge in [-0.1, -0.05) is 66.7 Å². The molecule has 13 nitrogen and oxygen atoms in total. The minimum absolute atomic E-state index is 0.0140. The van der Waals surface area contributed by atoms with Crippen molar-refractivity contribution in [2.24, 2.45) is 7.05 Å². The fourth-order valence-electron chi connectivity index (χ4n) is 6.49. The van der Waals surface area contributed by atoms with Crippen molar-refractivity contribution < 1.29 is 28.5 Å². The maximum absolute atomic E-state index is 14.0. The van der Waals surface area contributed by atoms with E-state index in [0.29, 0.717) is 39.1 Å². The number of urea groups is 1. The molecule has 3 heterocycles. The average molecular weight is 660 g/mol. The van der Waals surface area contributed by atoms with Crippen molar-refractivity contribution in [3.63, 3.8) is 0 Å². The lowest BCUT2D eigenvalue weighted by atomic mass is 9.99. The minimum atomic E-state index is -4.70. The lowest BCUT2D eigenvalue weighted by Crippen LogP contribution is -2.75. The Morgan fingerprint density at radius 2 is 1.83 bits per heavy atom. The lowest BCUT2D eigenvalue weighted by molar-refractivity contribution is -0.182. The van der Waals surface area contributed by atoms with Gasteiger partial charge in [-0.25, -0.2) is 19.4 Å². The molecule has 3 N–H and O–H groups in total. The maximum atomic E-state index is 14.0. The molecule has 246 valence electrons. The van der Waals surface area contributed by atoms with Crippen molar-refractivity contribution in [1.82, 2.24) is 34.9 Å². The molecule has 4 aromatic rings. The number of aromatic nitrogens is 2. The van der Waals surface area contributed by atoms with E-state index >= 15 is 0 Å². The summed E-state index contributed by atoms with van der Waals surface area (Å²) in [7, 11) is -2.81. The molecule has 2 atom stereocenters. The summed E-state index contributed by atoms with van der Waals surface area (Å²) < 4.78 is 17.8. The normalized spacial score (nSPS) is 19.1. The highest BCUT2D eigenvalue weighted by molar-refractivity contribution is 7.46. The molecule has 1 aromatic heterocycles. The Kier molecular flexibility index (Phi) is 9.44. The third kappa shape index (κ3) is 7.56. The maximum Gasteiger partial charge on any atom is 0.524 e. The lowest BCUT2D eigenvalue weighted by Gasteiger charge is -2.55. The molecule has 0 spiro atoms. The van der Waals surface area contributed by atoms with Crippen LogP contribution in [0.4, 0.5) is 4.79 Å². The Hall–Kier alpha value is -4.52. The Morgan fingerprint density at radius 1 is 1.06 bits per heavy atom.